The van der Waals surface area contributed by atoms with Crippen LogP contribution in [0.2, 0.25) is 10.0 Å². The minimum absolute atomic E-state index is 0.0968. The van der Waals surface area contributed by atoms with Crippen LogP contribution in [0.15, 0.2) is 18.2 Å². The largest absolute Gasteiger partial charge is 0.355 e. The second-order valence-corrected chi connectivity index (χ2v) is 6.67. The summed E-state index contributed by atoms with van der Waals surface area (Å²) in [6.45, 7) is 6.68. The van der Waals surface area contributed by atoms with Gasteiger partial charge in [0.05, 0.1) is 0 Å². The Balaban J connectivity index is 1.70. The summed E-state index contributed by atoms with van der Waals surface area (Å²) in [5.41, 5.74) is 0.920. The van der Waals surface area contributed by atoms with Crippen molar-refractivity contribution in [3.05, 3.63) is 33.8 Å². The smallest absolute Gasteiger partial charge is 0.232 e. The van der Waals surface area contributed by atoms with Crippen LogP contribution in [0.3, 0.4) is 0 Å². The lowest BCUT2D eigenvalue weighted by molar-refractivity contribution is -0.137. The summed E-state index contributed by atoms with van der Waals surface area (Å²) >= 11 is 11.9. The molecule has 2 amide bonds. The molecular weight excluding hydrogens is 349 g/mol. The van der Waals surface area contributed by atoms with Crippen LogP contribution in [0.4, 0.5) is 0 Å². The molecule has 1 heterocycles. The van der Waals surface area contributed by atoms with Gasteiger partial charge in [0.15, 0.2) is 0 Å². The van der Waals surface area contributed by atoms with Crippen molar-refractivity contribution in [1.29, 1.82) is 0 Å². The Bertz CT molecular complexity index is 587. The summed E-state index contributed by atoms with van der Waals surface area (Å²) in [6.07, 6.45) is 0.506. The highest BCUT2D eigenvalue weighted by molar-refractivity contribution is 6.35. The van der Waals surface area contributed by atoms with Crippen molar-refractivity contribution >= 4 is 35.0 Å². The first-order valence-electron chi connectivity index (χ1n) is 8.20. The highest BCUT2D eigenvalue weighted by atomic mass is 35.5. The number of halogens is 2. The van der Waals surface area contributed by atoms with Crippen LogP contribution in [0.5, 0.6) is 0 Å². The van der Waals surface area contributed by atoms with Crippen LogP contribution >= 0.6 is 23.2 Å². The molecule has 1 fully saturated rings. The zero-order valence-corrected chi connectivity index (χ0v) is 15.4. The lowest BCUT2D eigenvalue weighted by atomic mass is 10.1. The van der Waals surface area contributed by atoms with Gasteiger partial charge in [0.25, 0.3) is 0 Å². The van der Waals surface area contributed by atoms with Gasteiger partial charge in [0.2, 0.25) is 11.8 Å². The zero-order valence-electron chi connectivity index (χ0n) is 13.9. The first kappa shape index (κ1) is 19.0. The van der Waals surface area contributed by atoms with Gasteiger partial charge in [-0.05, 0) is 30.7 Å². The Kier molecular flexibility index (Phi) is 7.34. The van der Waals surface area contributed by atoms with Gasteiger partial charge in [-0.2, -0.15) is 0 Å². The summed E-state index contributed by atoms with van der Waals surface area (Å²) in [4.78, 5) is 28.1. The molecule has 1 N–H and O–H groups in total. The van der Waals surface area contributed by atoms with E-state index in [4.69, 9.17) is 23.2 Å². The fraction of sp³-hybridized carbons (Fsp3) is 0.529. The molecule has 2 rings (SSSR count). The van der Waals surface area contributed by atoms with Gasteiger partial charge in [-0.3, -0.25) is 9.59 Å². The van der Waals surface area contributed by atoms with Crippen LogP contribution in [0, 0.1) is 0 Å². The van der Waals surface area contributed by atoms with Gasteiger partial charge in [-0.25, -0.2) is 0 Å². The van der Waals surface area contributed by atoms with Crippen molar-refractivity contribution in [3.63, 3.8) is 0 Å². The fourth-order valence-electron chi connectivity index (χ4n) is 2.69. The number of nitrogens with zero attached hydrogens (tertiary/aromatic N) is 2. The van der Waals surface area contributed by atoms with E-state index in [9.17, 15) is 9.59 Å². The maximum Gasteiger partial charge on any atom is 0.232 e. The van der Waals surface area contributed by atoms with Crippen LogP contribution in [0.1, 0.15) is 18.9 Å². The predicted molar refractivity (Wildman–Crippen MR) is 96.5 cm³/mol. The maximum absolute atomic E-state index is 12.1. The first-order chi connectivity index (χ1) is 11.5. The highest BCUT2D eigenvalue weighted by Gasteiger charge is 2.21. The molecule has 0 aromatic heterocycles. The van der Waals surface area contributed by atoms with Gasteiger partial charge < -0.3 is 15.1 Å². The Morgan fingerprint density at radius 3 is 2.50 bits per heavy atom. The second kappa shape index (κ2) is 9.25. The molecule has 1 aliphatic heterocycles. The molecule has 0 atom stereocenters. The van der Waals surface area contributed by atoms with E-state index in [0.29, 0.717) is 36.1 Å². The molecule has 0 aliphatic carbocycles. The van der Waals surface area contributed by atoms with Gasteiger partial charge in [-0.15, -0.1) is 0 Å². The van der Waals surface area contributed by atoms with Gasteiger partial charge in [0.1, 0.15) is 6.42 Å². The standard InChI is InChI=1S/C17H23Cl2N3O2/c1-2-21-7-9-22(10-8-21)17(24)12-16(23)20-6-5-13-3-4-14(18)11-15(13)19/h3-4,11H,2,5-10,12H2,1H3,(H,20,23). The third-order valence-corrected chi connectivity index (χ3v) is 4.80. The Hall–Kier alpha value is -1.30. The van der Waals surface area contributed by atoms with E-state index < -0.39 is 0 Å². The van der Waals surface area contributed by atoms with Crippen molar-refractivity contribution in [2.45, 2.75) is 19.8 Å². The number of benzene rings is 1. The number of carbonyl (C=O) groups is 2. The van der Waals surface area contributed by atoms with E-state index in [2.05, 4.69) is 17.1 Å². The monoisotopic (exact) mass is 371 g/mol. The first-order valence-corrected chi connectivity index (χ1v) is 8.96. The molecule has 5 nitrogen and oxygen atoms in total. The number of amides is 2. The van der Waals surface area contributed by atoms with Crippen molar-refractivity contribution < 1.29 is 9.59 Å². The summed E-state index contributed by atoms with van der Waals surface area (Å²) in [6, 6.07) is 5.29. The number of nitrogens with one attached hydrogen (secondary N) is 1. The molecule has 0 unspecified atom stereocenters. The third kappa shape index (κ3) is 5.65. The molecule has 0 saturated carbocycles. The SMILES string of the molecule is CCN1CCN(C(=O)CC(=O)NCCc2ccc(Cl)cc2Cl)CC1. The summed E-state index contributed by atoms with van der Waals surface area (Å²) in [7, 11) is 0. The Morgan fingerprint density at radius 1 is 1.17 bits per heavy atom. The van der Waals surface area contributed by atoms with Crippen molar-refractivity contribution in [2.24, 2.45) is 0 Å². The Morgan fingerprint density at radius 2 is 1.88 bits per heavy atom. The molecule has 1 aromatic carbocycles. The molecular formula is C17H23Cl2N3O2. The summed E-state index contributed by atoms with van der Waals surface area (Å²) < 4.78 is 0. The molecule has 132 valence electrons. The number of hydrogen-bond donors (Lipinski definition) is 1. The van der Waals surface area contributed by atoms with E-state index in [1.807, 2.05) is 6.07 Å². The summed E-state index contributed by atoms with van der Waals surface area (Å²) in [5, 5.41) is 3.94. The van der Waals surface area contributed by atoms with Gasteiger partial charge in [-0.1, -0.05) is 36.2 Å². The lowest BCUT2D eigenvalue weighted by Crippen LogP contribution is -2.49. The quantitative estimate of drug-likeness (QED) is 0.779. The van der Waals surface area contributed by atoms with Crippen molar-refractivity contribution in [1.82, 2.24) is 15.1 Å². The van der Waals surface area contributed by atoms with Crippen LogP contribution in [0.25, 0.3) is 0 Å². The van der Waals surface area contributed by atoms with E-state index in [1.165, 1.54) is 0 Å². The van der Waals surface area contributed by atoms with E-state index in [1.54, 1.807) is 17.0 Å². The molecule has 1 saturated heterocycles. The Labute approximate surface area is 152 Å². The van der Waals surface area contributed by atoms with Gasteiger partial charge in [0, 0.05) is 42.8 Å². The number of likely N-dealkylation sites (N-methyl/N-ethyl adjacent to an activating group) is 1. The third-order valence-electron chi connectivity index (χ3n) is 4.22. The van der Waals surface area contributed by atoms with Crippen LogP contribution < -0.4 is 5.32 Å². The topological polar surface area (TPSA) is 52.7 Å². The molecule has 1 aliphatic rings. The van der Waals surface area contributed by atoms with Crippen molar-refractivity contribution in [3.8, 4) is 0 Å². The number of carbonyl (C=O) groups excluding carboxylic acids is 2. The van der Waals surface area contributed by atoms with E-state index in [-0.39, 0.29) is 18.2 Å². The minimum Gasteiger partial charge on any atom is -0.355 e. The fourth-order valence-corrected chi connectivity index (χ4v) is 3.19. The highest BCUT2D eigenvalue weighted by Crippen LogP contribution is 2.21. The number of piperazine rings is 1. The van der Waals surface area contributed by atoms with E-state index >= 15 is 0 Å². The van der Waals surface area contributed by atoms with Crippen LogP contribution in [-0.2, 0) is 16.0 Å². The normalized spacial score (nSPS) is 15.4. The molecule has 0 spiro atoms. The zero-order chi connectivity index (χ0) is 17.5. The predicted octanol–water partition coefficient (Wildman–Crippen LogP) is 2.21. The van der Waals surface area contributed by atoms with Crippen molar-refractivity contribution in [2.75, 3.05) is 39.3 Å². The molecule has 0 bridgehead atoms. The lowest BCUT2D eigenvalue weighted by Gasteiger charge is -2.34. The van der Waals surface area contributed by atoms with E-state index in [0.717, 1.165) is 25.2 Å². The minimum atomic E-state index is -0.247. The van der Waals surface area contributed by atoms with Crippen LogP contribution in [-0.4, -0.2) is 60.9 Å². The average molecular weight is 372 g/mol. The molecule has 0 radical (unpaired) electrons. The molecule has 24 heavy (non-hydrogen) atoms. The second-order valence-electron chi connectivity index (χ2n) is 5.83. The molecule has 7 heteroatoms. The maximum atomic E-state index is 12.1. The van der Waals surface area contributed by atoms with Gasteiger partial charge >= 0.3 is 0 Å². The summed E-state index contributed by atoms with van der Waals surface area (Å²) in [5.74, 6) is -0.351. The average Bonchev–Trinajstić information content (AvgIpc) is 2.57. The number of rotatable bonds is 6. The molecule has 1 aromatic rings. The number of hydrogen-bond acceptors (Lipinski definition) is 3.